The maximum absolute atomic E-state index is 5.45. The largest absolute Gasteiger partial charge is 0.385 e. The van der Waals surface area contributed by atoms with Crippen LogP contribution in [-0.4, -0.2) is 24.5 Å². The van der Waals surface area contributed by atoms with E-state index in [9.17, 15) is 0 Å². The summed E-state index contributed by atoms with van der Waals surface area (Å²) >= 11 is 1.80. The molecule has 0 spiro atoms. The summed E-state index contributed by atoms with van der Waals surface area (Å²) in [6.07, 6.45) is 2.94. The van der Waals surface area contributed by atoms with E-state index in [1.54, 1.807) is 18.9 Å². The van der Waals surface area contributed by atoms with Crippen LogP contribution in [0.15, 0.2) is 23.2 Å². The van der Waals surface area contributed by atoms with E-state index < -0.39 is 0 Å². The molecule has 0 aliphatic heterocycles. The Balaban J connectivity index is 2.29. The van der Waals surface area contributed by atoms with Gasteiger partial charge in [0.1, 0.15) is 0 Å². The summed E-state index contributed by atoms with van der Waals surface area (Å²) in [6, 6.07) is 4.03. The summed E-state index contributed by atoms with van der Waals surface area (Å²) < 4.78 is 4.97. The third-order valence-corrected chi connectivity index (χ3v) is 2.84. The number of methoxy groups -OCH3 is 1. The van der Waals surface area contributed by atoms with Crippen LogP contribution < -0.4 is 5.73 Å². The molecule has 1 rings (SSSR count). The Kier molecular flexibility index (Phi) is 5.59. The van der Waals surface area contributed by atoms with Gasteiger partial charge in [0, 0.05) is 37.1 Å². The molecule has 3 nitrogen and oxygen atoms in total. The lowest BCUT2D eigenvalue weighted by molar-refractivity contribution is 0.200. The van der Waals surface area contributed by atoms with Crippen molar-refractivity contribution in [3.05, 3.63) is 24.0 Å². The molecule has 0 aliphatic carbocycles. The van der Waals surface area contributed by atoms with Gasteiger partial charge in [-0.3, -0.25) is 4.98 Å². The molecular formula is C10H16N2OS. The van der Waals surface area contributed by atoms with Crippen molar-refractivity contribution in [2.45, 2.75) is 17.9 Å². The molecule has 0 aliphatic rings. The molecule has 1 aromatic heterocycles. The normalized spacial score (nSPS) is 10.4. The molecule has 1 heterocycles. The van der Waals surface area contributed by atoms with Gasteiger partial charge >= 0.3 is 0 Å². The predicted molar refractivity (Wildman–Crippen MR) is 59.3 cm³/mol. The van der Waals surface area contributed by atoms with Crippen molar-refractivity contribution in [2.75, 3.05) is 19.5 Å². The number of hydrogen-bond donors (Lipinski definition) is 1. The Morgan fingerprint density at radius 2 is 2.36 bits per heavy atom. The van der Waals surface area contributed by atoms with E-state index in [0.717, 1.165) is 24.5 Å². The van der Waals surface area contributed by atoms with Gasteiger partial charge in [-0.2, -0.15) is 0 Å². The lowest BCUT2D eigenvalue weighted by Gasteiger charge is -2.01. The van der Waals surface area contributed by atoms with E-state index in [1.807, 2.05) is 12.3 Å². The fraction of sp³-hybridized carbons (Fsp3) is 0.500. The van der Waals surface area contributed by atoms with E-state index in [4.69, 9.17) is 10.5 Å². The summed E-state index contributed by atoms with van der Waals surface area (Å²) in [5.74, 6) is 1.07. The zero-order valence-electron chi connectivity index (χ0n) is 8.40. The third-order valence-electron chi connectivity index (χ3n) is 1.77. The average molecular weight is 212 g/mol. The van der Waals surface area contributed by atoms with Crippen LogP contribution in [0, 0.1) is 0 Å². The summed E-state index contributed by atoms with van der Waals surface area (Å²) in [5, 5.41) is 0. The Morgan fingerprint density at radius 3 is 2.93 bits per heavy atom. The highest BCUT2D eigenvalue weighted by molar-refractivity contribution is 7.99. The van der Waals surface area contributed by atoms with Gasteiger partial charge in [0.05, 0.1) is 5.69 Å². The van der Waals surface area contributed by atoms with Crippen molar-refractivity contribution in [1.29, 1.82) is 0 Å². The second kappa shape index (κ2) is 6.81. The van der Waals surface area contributed by atoms with Gasteiger partial charge in [0.25, 0.3) is 0 Å². The van der Waals surface area contributed by atoms with E-state index in [1.165, 1.54) is 4.90 Å². The van der Waals surface area contributed by atoms with Crippen LogP contribution in [0.4, 0.5) is 0 Å². The fourth-order valence-corrected chi connectivity index (χ4v) is 1.80. The molecule has 0 radical (unpaired) electrons. The average Bonchev–Trinajstić information content (AvgIpc) is 2.25. The minimum atomic E-state index is 0.509. The van der Waals surface area contributed by atoms with E-state index >= 15 is 0 Å². The Labute approximate surface area is 89.1 Å². The fourth-order valence-electron chi connectivity index (χ4n) is 1.01. The zero-order valence-corrected chi connectivity index (χ0v) is 9.22. The number of ether oxygens (including phenoxy) is 1. The first-order valence-electron chi connectivity index (χ1n) is 4.63. The number of nitrogens with two attached hydrogens (primary N) is 1. The molecule has 0 amide bonds. The minimum Gasteiger partial charge on any atom is -0.385 e. The number of aromatic nitrogens is 1. The van der Waals surface area contributed by atoms with Crippen molar-refractivity contribution in [3.8, 4) is 0 Å². The molecule has 78 valence electrons. The highest BCUT2D eigenvalue weighted by Gasteiger charge is 1.95. The first kappa shape index (κ1) is 11.5. The maximum Gasteiger partial charge on any atom is 0.0540 e. The van der Waals surface area contributed by atoms with Gasteiger partial charge in [0.2, 0.25) is 0 Å². The van der Waals surface area contributed by atoms with Crippen LogP contribution in [0.3, 0.4) is 0 Å². The molecule has 0 saturated heterocycles. The van der Waals surface area contributed by atoms with Gasteiger partial charge in [-0.1, -0.05) is 0 Å². The second-order valence-electron chi connectivity index (χ2n) is 2.88. The van der Waals surface area contributed by atoms with Crippen LogP contribution in [0.2, 0.25) is 0 Å². The van der Waals surface area contributed by atoms with Crippen LogP contribution >= 0.6 is 11.8 Å². The number of pyridine rings is 1. The first-order valence-corrected chi connectivity index (χ1v) is 5.62. The van der Waals surface area contributed by atoms with Gasteiger partial charge < -0.3 is 10.5 Å². The SMILES string of the molecule is COCCCSc1ccc(CN)nc1. The molecule has 0 bridgehead atoms. The van der Waals surface area contributed by atoms with Gasteiger partial charge in [-0.25, -0.2) is 0 Å². The van der Waals surface area contributed by atoms with Crippen molar-refractivity contribution < 1.29 is 4.74 Å². The molecular weight excluding hydrogens is 196 g/mol. The summed E-state index contributed by atoms with van der Waals surface area (Å²) in [6.45, 7) is 1.33. The van der Waals surface area contributed by atoms with Crippen molar-refractivity contribution in [2.24, 2.45) is 5.73 Å². The number of thioether (sulfide) groups is 1. The maximum atomic E-state index is 5.45. The van der Waals surface area contributed by atoms with Crippen molar-refractivity contribution in [3.63, 3.8) is 0 Å². The zero-order chi connectivity index (χ0) is 10.2. The summed E-state index contributed by atoms with van der Waals surface area (Å²) in [5.41, 5.74) is 6.39. The number of nitrogens with zero attached hydrogens (tertiary/aromatic N) is 1. The van der Waals surface area contributed by atoms with E-state index in [0.29, 0.717) is 6.54 Å². The van der Waals surface area contributed by atoms with E-state index in [-0.39, 0.29) is 0 Å². The Hall–Kier alpha value is -0.580. The van der Waals surface area contributed by atoms with E-state index in [2.05, 4.69) is 11.1 Å². The molecule has 1 aromatic rings. The van der Waals surface area contributed by atoms with Crippen LogP contribution in [0.1, 0.15) is 12.1 Å². The second-order valence-corrected chi connectivity index (χ2v) is 4.05. The molecule has 0 atom stereocenters. The number of rotatable bonds is 6. The molecule has 0 fully saturated rings. The highest BCUT2D eigenvalue weighted by Crippen LogP contribution is 2.17. The molecule has 4 heteroatoms. The first-order chi connectivity index (χ1) is 6.86. The molecule has 0 aromatic carbocycles. The lowest BCUT2D eigenvalue weighted by Crippen LogP contribution is -1.98. The van der Waals surface area contributed by atoms with Crippen LogP contribution in [-0.2, 0) is 11.3 Å². The standard InChI is InChI=1S/C10H16N2OS/c1-13-5-2-6-14-10-4-3-9(7-11)12-8-10/h3-4,8H,2,5-7,11H2,1H3. The molecule has 14 heavy (non-hydrogen) atoms. The third kappa shape index (κ3) is 4.09. The highest BCUT2D eigenvalue weighted by atomic mass is 32.2. The monoisotopic (exact) mass is 212 g/mol. The lowest BCUT2D eigenvalue weighted by atomic mass is 10.4. The summed E-state index contributed by atoms with van der Waals surface area (Å²) in [7, 11) is 1.72. The number of hydrogen-bond acceptors (Lipinski definition) is 4. The van der Waals surface area contributed by atoms with Crippen molar-refractivity contribution in [1.82, 2.24) is 4.98 Å². The molecule has 2 N–H and O–H groups in total. The van der Waals surface area contributed by atoms with Gasteiger partial charge in [-0.05, 0) is 18.6 Å². The minimum absolute atomic E-state index is 0.509. The van der Waals surface area contributed by atoms with Gasteiger partial charge in [-0.15, -0.1) is 11.8 Å². The summed E-state index contributed by atoms with van der Waals surface area (Å²) in [4.78, 5) is 5.41. The quantitative estimate of drug-likeness (QED) is 0.575. The smallest absolute Gasteiger partial charge is 0.0540 e. The Morgan fingerprint density at radius 1 is 1.50 bits per heavy atom. The van der Waals surface area contributed by atoms with Gasteiger partial charge in [0.15, 0.2) is 0 Å². The van der Waals surface area contributed by atoms with Crippen molar-refractivity contribution >= 4 is 11.8 Å². The molecule has 0 saturated carbocycles. The predicted octanol–water partition coefficient (Wildman–Crippen LogP) is 1.67. The van der Waals surface area contributed by atoms with Crippen LogP contribution in [0.25, 0.3) is 0 Å². The van der Waals surface area contributed by atoms with Crippen LogP contribution in [0.5, 0.6) is 0 Å². The molecule has 0 unspecified atom stereocenters. The Bertz CT molecular complexity index is 251. The topological polar surface area (TPSA) is 48.1 Å².